The van der Waals surface area contributed by atoms with Crippen LogP contribution >= 0.6 is 11.3 Å². The lowest BCUT2D eigenvalue weighted by Crippen LogP contribution is -2.02. The summed E-state index contributed by atoms with van der Waals surface area (Å²) in [6.07, 6.45) is 0. The molecule has 0 unspecified atom stereocenters. The lowest BCUT2D eigenvalue weighted by Gasteiger charge is -2.10. The quantitative estimate of drug-likeness (QED) is 0.174. The van der Waals surface area contributed by atoms with E-state index in [-0.39, 0.29) is 0 Å². The highest BCUT2D eigenvalue weighted by Crippen LogP contribution is 2.43. The van der Waals surface area contributed by atoms with Crippen LogP contribution in [-0.2, 0) is 0 Å². The number of furan rings is 1. The smallest absolute Gasteiger partial charge is 0.235 e. The summed E-state index contributed by atoms with van der Waals surface area (Å²) in [5, 5.41) is 9.41. The van der Waals surface area contributed by atoms with Crippen LogP contribution < -0.4 is 0 Å². The normalized spacial score (nSPS) is 12.1. The van der Waals surface area contributed by atoms with E-state index in [0.717, 1.165) is 82.2 Å². The highest BCUT2D eigenvalue weighted by Gasteiger charge is 2.22. The number of thiophene rings is 1. The lowest BCUT2D eigenvalue weighted by molar-refractivity contribution is 0.669. The van der Waals surface area contributed by atoms with Crippen LogP contribution in [0.25, 0.3) is 131 Å². The first-order chi connectivity index (χ1) is 31.7. The predicted molar refractivity (Wildman–Crippen MR) is 267 cm³/mol. The van der Waals surface area contributed by atoms with E-state index in [1.165, 1.54) is 42.9 Å². The molecule has 9 aromatic carbocycles. The monoisotopic (exact) mass is 834 g/mol. The van der Waals surface area contributed by atoms with Crippen LogP contribution in [0, 0.1) is 0 Å². The number of hydrogen-bond donors (Lipinski definition) is 0. The molecule has 0 fully saturated rings. The summed E-state index contributed by atoms with van der Waals surface area (Å²) in [6.45, 7) is 0. The maximum Gasteiger partial charge on any atom is 0.235 e. The standard InChI is InChI=1S/C58H34N4OS/c1-3-14-36(15-4-1)54-34-47-57(64-54)56(37-16-5-2-6-17-37)60-58(59-47)62-50-28-25-39(32-46(50)55-41-18-8-7-13-35(41)23-29-51(55)62)38-24-27-49-44(31-38)42-19-9-11-21-48(42)61(49)40-26-30-53-45(33-40)43-20-10-12-22-52(43)63-53/h1-34H. The molecule has 5 nitrogen and oxygen atoms in total. The van der Waals surface area contributed by atoms with Gasteiger partial charge in [0.2, 0.25) is 5.95 Å². The van der Waals surface area contributed by atoms with Crippen molar-refractivity contribution in [3.63, 3.8) is 0 Å². The van der Waals surface area contributed by atoms with Crippen molar-refractivity contribution in [2.45, 2.75) is 0 Å². The molecule has 0 saturated heterocycles. The Morgan fingerprint density at radius 3 is 1.86 bits per heavy atom. The molecule has 0 bridgehead atoms. The summed E-state index contributed by atoms with van der Waals surface area (Å²) >= 11 is 1.75. The van der Waals surface area contributed by atoms with Gasteiger partial charge in [-0.2, -0.15) is 0 Å². The fourth-order valence-corrected chi connectivity index (χ4v) is 11.1. The highest BCUT2D eigenvalue weighted by molar-refractivity contribution is 7.22. The summed E-state index contributed by atoms with van der Waals surface area (Å²) in [6, 6.07) is 73.8. The summed E-state index contributed by atoms with van der Waals surface area (Å²) in [7, 11) is 0. The molecular weight excluding hydrogens is 801 g/mol. The number of rotatable bonds is 5. The van der Waals surface area contributed by atoms with E-state index in [1.807, 2.05) is 12.1 Å². The number of fused-ring (bicyclic) bond motifs is 12. The van der Waals surface area contributed by atoms with Crippen LogP contribution in [0.1, 0.15) is 0 Å². The molecular formula is C58H34N4OS. The molecule has 0 saturated carbocycles. The summed E-state index contributed by atoms with van der Waals surface area (Å²) in [5.74, 6) is 0.655. The zero-order valence-electron chi connectivity index (χ0n) is 34.2. The minimum Gasteiger partial charge on any atom is -0.456 e. The zero-order valence-corrected chi connectivity index (χ0v) is 35.1. The maximum absolute atomic E-state index is 6.21. The third-order valence-corrected chi connectivity index (χ3v) is 14.1. The average molecular weight is 835 g/mol. The Morgan fingerprint density at radius 2 is 1.03 bits per heavy atom. The van der Waals surface area contributed by atoms with E-state index in [1.54, 1.807) is 11.3 Å². The van der Waals surface area contributed by atoms with Gasteiger partial charge in [-0.15, -0.1) is 11.3 Å². The van der Waals surface area contributed by atoms with Crippen LogP contribution in [0.5, 0.6) is 0 Å². The molecule has 298 valence electrons. The summed E-state index contributed by atoms with van der Waals surface area (Å²) < 4.78 is 11.9. The van der Waals surface area contributed by atoms with E-state index in [2.05, 4.69) is 203 Å². The van der Waals surface area contributed by atoms with Crippen LogP contribution in [-0.4, -0.2) is 19.1 Å². The Kier molecular flexibility index (Phi) is 7.49. The minimum atomic E-state index is 0.655. The van der Waals surface area contributed by atoms with E-state index in [0.29, 0.717) is 5.95 Å². The van der Waals surface area contributed by atoms with Crippen molar-refractivity contribution in [2.75, 3.05) is 0 Å². The van der Waals surface area contributed by atoms with Gasteiger partial charge in [-0.25, -0.2) is 9.97 Å². The number of aromatic nitrogens is 4. The Morgan fingerprint density at radius 1 is 0.391 bits per heavy atom. The van der Waals surface area contributed by atoms with Crippen molar-refractivity contribution in [2.24, 2.45) is 0 Å². The molecule has 5 aromatic heterocycles. The Bertz CT molecular complexity index is 4190. The van der Waals surface area contributed by atoms with Crippen LogP contribution in [0.2, 0.25) is 0 Å². The molecule has 0 aliphatic rings. The second-order valence-electron chi connectivity index (χ2n) is 16.5. The fourth-order valence-electron chi connectivity index (χ4n) is 10.0. The first-order valence-electron chi connectivity index (χ1n) is 21.6. The van der Waals surface area contributed by atoms with Gasteiger partial charge in [0.15, 0.2) is 0 Å². The van der Waals surface area contributed by atoms with Crippen molar-refractivity contribution in [3.8, 4) is 44.5 Å². The molecule has 0 amide bonds. The van der Waals surface area contributed by atoms with Gasteiger partial charge in [-0.3, -0.25) is 4.57 Å². The van der Waals surface area contributed by atoms with Gasteiger partial charge >= 0.3 is 0 Å². The average Bonchev–Trinajstić information content (AvgIpc) is 4.13. The third-order valence-electron chi connectivity index (χ3n) is 12.9. The maximum atomic E-state index is 6.21. The fraction of sp³-hybridized carbons (Fsp3) is 0. The van der Waals surface area contributed by atoms with E-state index in [9.17, 15) is 0 Å². The van der Waals surface area contributed by atoms with Gasteiger partial charge in [-0.05, 0) is 94.2 Å². The van der Waals surface area contributed by atoms with Crippen LogP contribution in [0.3, 0.4) is 0 Å². The molecule has 14 aromatic rings. The molecule has 0 aliphatic carbocycles. The van der Waals surface area contributed by atoms with Gasteiger partial charge < -0.3 is 8.98 Å². The number of para-hydroxylation sites is 2. The van der Waals surface area contributed by atoms with Gasteiger partial charge in [-0.1, -0.05) is 140 Å². The Balaban J connectivity index is 0.979. The lowest BCUT2D eigenvalue weighted by atomic mass is 9.99. The zero-order chi connectivity index (χ0) is 41.9. The van der Waals surface area contributed by atoms with Crippen molar-refractivity contribution >= 4 is 97.9 Å². The van der Waals surface area contributed by atoms with Gasteiger partial charge in [0, 0.05) is 48.4 Å². The number of hydrogen-bond acceptors (Lipinski definition) is 4. The first-order valence-corrected chi connectivity index (χ1v) is 22.4. The van der Waals surface area contributed by atoms with Crippen molar-refractivity contribution in [3.05, 3.63) is 206 Å². The first kappa shape index (κ1) is 35.3. The molecule has 0 aliphatic heterocycles. The van der Waals surface area contributed by atoms with Gasteiger partial charge in [0.05, 0.1) is 38.0 Å². The molecule has 64 heavy (non-hydrogen) atoms. The largest absolute Gasteiger partial charge is 0.456 e. The molecule has 0 atom stereocenters. The SMILES string of the molecule is c1ccc(-c2cc3nc(-n4c5ccc(-c6ccc7c(c6)c6ccccc6n7-c6ccc7oc8ccccc8c7c6)cc5c5c6ccccc6ccc54)nc(-c4ccccc4)c3s2)cc1. The third kappa shape index (κ3) is 5.24. The van der Waals surface area contributed by atoms with Crippen LogP contribution in [0.4, 0.5) is 0 Å². The molecule has 14 rings (SSSR count). The second kappa shape index (κ2) is 13.6. The second-order valence-corrected chi connectivity index (χ2v) is 17.6. The molecule has 0 N–H and O–H groups in total. The highest BCUT2D eigenvalue weighted by atomic mass is 32.1. The number of benzene rings is 9. The molecule has 0 radical (unpaired) electrons. The minimum absolute atomic E-state index is 0.655. The topological polar surface area (TPSA) is 48.8 Å². The van der Waals surface area contributed by atoms with E-state index < -0.39 is 0 Å². The Hall–Kier alpha value is -8.32. The molecule has 6 heteroatoms. The van der Waals surface area contributed by atoms with Crippen LogP contribution in [0.15, 0.2) is 211 Å². The molecule has 0 spiro atoms. The number of nitrogens with zero attached hydrogens (tertiary/aromatic N) is 4. The van der Waals surface area contributed by atoms with E-state index in [4.69, 9.17) is 14.4 Å². The predicted octanol–water partition coefficient (Wildman–Crippen LogP) is 15.9. The van der Waals surface area contributed by atoms with Crippen molar-refractivity contribution in [1.29, 1.82) is 0 Å². The summed E-state index contributed by atoms with van der Waals surface area (Å²) in [4.78, 5) is 12.0. The van der Waals surface area contributed by atoms with Crippen molar-refractivity contribution in [1.82, 2.24) is 19.1 Å². The Labute approximate surface area is 370 Å². The van der Waals surface area contributed by atoms with Crippen molar-refractivity contribution < 1.29 is 4.42 Å². The van der Waals surface area contributed by atoms with Gasteiger partial charge in [0.25, 0.3) is 0 Å². The van der Waals surface area contributed by atoms with Gasteiger partial charge in [0.1, 0.15) is 11.2 Å². The van der Waals surface area contributed by atoms with E-state index >= 15 is 0 Å². The molecule has 5 heterocycles. The summed E-state index contributed by atoms with van der Waals surface area (Å²) in [5.41, 5.74) is 13.8.